The van der Waals surface area contributed by atoms with Crippen molar-refractivity contribution in [1.82, 2.24) is 0 Å². The van der Waals surface area contributed by atoms with Gasteiger partial charge in [-0.2, -0.15) is 0 Å². The van der Waals surface area contributed by atoms with E-state index >= 15 is 0 Å². The highest BCUT2D eigenvalue weighted by atomic mass is 31.1. The van der Waals surface area contributed by atoms with Gasteiger partial charge < -0.3 is 4.74 Å². The smallest absolute Gasteiger partial charge is 0.122 e. The zero-order valence-corrected chi connectivity index (χ0v) is 8.98. The van der Waals surface area contributed by atoms with Gasteiger partial charge in [0.25, 0.3) is 0 Å². The molecule has 0 spiro atoms. The molecular weight excluding hydrogens is 167 g/mol. The number of aryl methyl sites for hydroxylation is 1. The van der Waals surface area contributed by atoms with E-state index in [1.807, 2.05) is 0 Å². The van der Waals surface area contributed by atoms with E-state index in [9.17, 15) is 0 Å². The predicted molar refractivity (Wildman–Crippen MR) is 56.1 cm³/mol. The van der Waals surface area contributed by atoms with Gasteiger partial charge in [0, 0.05) is 0 Å². The molecule has 0 unspecified atom stereocenters. The van der Waals surface area contributed by atoms with E-state index in [-0.39, 0.29) is 7.92 Å². The largest absolute Gasteiger partial charge is 0.496 e. The fraction of sp³-hybridized carbons (Fsp3) is 0.400. The van der Waals surface area contributed by atoms with Crippen LogP contribution in [0.3, 0.4) is 0 Å². The van der Waals surface area contributed by atoms with Crippen LogP contribution in [0.4, 0.5) is 0 Å². The molecule has 1 aromatic rings. The first-order chi connectivity index (χ1) is 5.65. The quantitative estimate of drug-likeness (QED) is 0.638. The second kappa shape index (κ2) is 3.91. The van der Waals surface area contributed by atoms with Crippen LogP contribution in [0.15, 0.2) is 18.2 Å². The minimum Gasteiger partial charge on any atom is -0.496 e. The molecule has 1 rings (SSSR count). The minimum absolute atomic E-state index is 0.00989. The molecule has 0 aromatic heterocycles. The van der Waals surface area contributed by atoms with Crippen molar-refractivity contribution in [2.24, 2.45) is 0 Å². The normalized spacial score (nSPS) is 10.4. The summed E-state index contributed by atoms with van der Waals surface area (Å²) in [6.07, 6.45) is 0. The highest BCUT2D eigenvalue weighted by Crippen LogP contribution is 2.26. The topological polar surface area (TPSA) is 9.23 Å². The Bertz CT molecular complexity index is 269. The molecule has 0 saturated heterocycles. The van der Waals surface area contributed by atoms with Gasteiger partial charge in [0.1, 0.15) is 5.75 Å². The Hall–Kier alpha value is -0.550. The van der Waals surface area contributed by atoms with Crippen molar-refractivity contribution in [2.45, 2.75) is 6.92 Å². The van der Waals surface area contributed by atoms with Crippen LogP contribution in [0.2, 0.25) is 0 Å². The first-order valence-electron chi connectivity index (χ1n) is 3.97. The standard InChI is InChI=1S/C10H15OP/c1-8-5-6-9(12(3)4)7-10(8)11-2/h5-7H,1-4H3. The summed E-state index contributed by atoms with van der Waals surface area (Å²) in [6.45, 7) is 6.56. The van der Waals surface area contributed by atoms with E-state index in [1.54, 1.807) is 7.11 Å². The van der Waals surface area contributed by atoms with Crippen LogP contribution in [0.5, 0.6) is 5.75 Å². The number of benzene rings is 1. The van der Waals surface area contributed by atoms with Crippen LogP contribution in [0.1, 0.15) is 5.56 Å². The number of methoxy groups -OCH3 is 1. The molecule has 0 aliphatic carbocycles. The summed E-state index contributed by atoms with van der Waals surface area (Å²) >= 11 is 0. The lowest BCUT2D eigenvalue weighted by Gasteiger charge is -2.09. The molecule has 1 aromatic carbocycles. The fourth-order valence-electron chi connectivity index (χ4n) is 1.09. The van der Waals surface area contributed by atoms with E-state index in [1.165, 1.54) is 10.9 Å². The first kappa shape index (κ1) is 9.54. The number of hydrogen-bond donors (Lipinski definition) is 0. The molecule has 0 aliphatic rings. The maximum Gasteiger partial charge on any atom is 0.122 e. The van der Waals surface area contributed by atoms with E-state index in [0.717, 1.165) is 5.75 Å². The second-order valence-corrected chi connectivity index (χ2v) is 5.35. The summed E-state index contributed by atoms with van der Waals surface area (Å²) in [5.74, 6) is 1.00. The zero-order valence-electron chi connectivity index (χ0n) is 8.09. The molecule has 66 valence electrons. The fourth-order valence-corrected chi connectivity index (χ4v) is 1.83. The molecular formula is C10H15OP. The van der Waals surface area contributed by atoms with Crippen molar-refractivity contribution in [1.29, 1.82) is 0 Å². The highest BCUT2D eigenvalue weighted by molar-refractivity contribution is 7.64. The average Bonchev–Trinajstić information content (AvgIpc) is 2.05. The second-order valence-electron chi connectivity index (χ2n) is 3.05. The lowest BCUT2D eigenvalue weighted by molar-refractivity contribution is 0.412. The van der Waals surface area contributed by atoms with E-state index in [4.69, 9.17) is 4.74 Å². The molecule has 1 nitrogen and oxygen atoms in total. The molecule has 0 atom stereocenters. The number of ether oxygens (including phenoxy) is 1. The van der Waals surface area contributed by atoms with Gasteiger partial charge in [-0.25, -0.2) is 0 Å². The van der Waals surface area contributed by atoms with Gasteiger partial charge in [-0.1, -0.05) is 20.1 Å². The summed E-state index contributed by atoms with van der Waals surface area (Å²) in [7, 11) is 1.71. The van der Waals surface area contributed by atoms with E-state index < -0.39 is 0 Å². The molecule has 0 heterocycles. The summed E-state index contributed by atoms with van der Waals surface area (Å²) in [5.41, 5.74) is 1.21. The minimum atomic E-state index is -0.00989. The Balaban J connectivity index is 3.05. The Morgan fingerprint density at radius 3 is 2.42 bits per heavy atom. The summed E-state index contributed by atoms with van der Waals surface area (Å²) in [5, 5.41) is 1.40. The van der Waals surface area contributed by atoms with Crippen LogP contribution in [-0.2, 0) is 0 Å². The third kappa shape index (κ3) is 1.98. The molecule has 2 heteroatoms. The van der Waals surface area contributed by atoms with Crippen LogP contribution >= 0.6 is 7.92 Å². The van der Waals surface area contributed by atoms with Gasteiger partial charge in [0.15, 0.2) is 0 Å². The zero-order chi connectivity index (χ0) is 9.14. The van der Waals surface area contributed by atoms with Gasteiger partial charge in [-0.05, 0) is 37.2 Å². The van der Waals surface area contributed by atoms with Crippen molar-refractivity contribution in [2.75, 3.05) is 20.4 Å². The SMILES string of the molecule is COc1cc(P(C)C)ccc1C. The third-order valence-corrected chi connectivity index (χ3v) is 3.22. The highest BCUT2D eigenvalue weighted by Gasteiger charge is 2.02. The molecule has 0 saturated carbocycles. The molecule has 0 radical (unpaired) electrons. The summed E-state index contributed by atoms with van der Waals surface area (Å²) < 4.78 is 5.25. The van der Waals surface area contributed by atoms with Crippen LogP contribution < -0.4 is 10.0 Å². The van der Waals surface area contributed by atoms with Crippen LogP contribution in [0.25, 0.3) is 0 Å². The summed E-state index contributed by atoms with van der Waals surface area (Å²) in [6, 6.07) is 6.45. The number of hydrogen-bond acceptors (Lipinski definition) is 1. The average molecular weight is 182 g/mol. The maximum atomic E-state index is 5.25. The van der Waals surface area contributed by atoms with E-state index in [2.05, 4.69) is 38.5 Å². The predicted octanol–water partition coefficient (Wildman–Crippen LogP) is 2.37. The molecule has 0 fully saturated rings. The molecule has 0 N–H and O–H groups in total. The van der Waals surface area contributed by atoms with Gasteiger partial charge in [0.2, 0.25) is 0 Å². The van der Waals surface area contributed by atoms with Crippen molar-refractivity contribution in [3.05, 3.63) is 23.8 Å². The lowest BCUT2D eigenvalue weighted by Crippen LogP contribution is -2.00. The van der Waals surface area contributed by atoms with Crippen molar-refractivity contribution in [3.63, 3.8) is 0 Å². The lowest BCUT2D eigenvalue weighted by atomic mass is 10.2. The van der Waals surface area contributed by atoms with Crippen molar-refractivity contribution < 1.29 is 4.74 Å². The van der Waals surface area contributed by atoms with Gasteiger partial charge in [-0.15, -0.1) is 0 Å². The summed E-state index contributed by atoms with van der Waals surface area (Å²) in [4.78, 5) is 0. The van der Waals surface area contributed by atoms with Crippen LogP contribution in [-0.4, -0.2) is 20.4 Å². The maximum absolute atomic E-state index is 5.25. The Morgan fingerprint density at radius 2 is 1.92 bits per heavy atom. The third-order valence-electron chi connectivity index (χ3n) is 1.91. The Morgan fingerprint density at radius 1 is 1.25 bits per heavy atom. The van der Waals surface area contributed by atoms with Crippen molar-refractivity contribution in [3.8, 4) is 5.75 Å². The van der Waals surface area contributed by atoms with Gasteiger partial charge >= 0.3 is 0 Å². The first-order valence-corrected chi connectivity index (χ1v) is 6.20. The van der Waals surface area contributed by atoms with Gasteiger partial charge in [-0.3, -0.25) is 0 Å². The van der Waals surface area contributed by atoms with Crippen molar-refractivity contribution >= 4 is 13.2 Å². The Kier molecular flexibility index (Phi) is 3.11. The Labute approximate surface area is 75.5 Å². The van der Waals surface area contributed by atoms with Gasteiger partial charge in [0.05, 0.1) is 7.11 Å². The molecule has 0 bridgehead atoms. The van der Waals surface area contributed by atoms with E-state index in [0.29, 0.717) is 0 Å². The molecule has 12 heavy (non-hydrogen) atoms. The molecule has 0 amide bonds. The molecule has 0 aliphatic heterocycles. The monoisotopic (exact) mass is 182 g/mol. The number of rotatable bonds is 2. The van der Waals surface area contributed by atoms with Crippen LogP contribution in [0, 0.1) is 6.92 Å².